The van der Waals surface area contributed by atoms with Crippen LogP contribution in [0.3, 0.4) is 0 Å². The van der Waals surface area contributed by atoms with Crippen LogP contribution in [0.5, 0.6) is 0 Å². The molecule has 0 atom stereocenters. The number of carbonyl (C=O) groups excluding carboxylic acids is 2. The van der Waals surface area contributed by atoms with E-state index in [2.05, 4.69) is 41.4 Å². The minimum atomic E-state index is -0.202. The quantitative estimate of drug-likeness (QED) is 0.512. The van der Waals surface area contributed by atoms with Gasteiger partial charge in [0.05, 0.1) is 6.61 Å². The molecule has 3 rings (SSSR count). The zero-order chi connectivity index (χ0) is 23.8. The summed E-state index contributed by atoms with van der Waals surface area (Å²) in [6.07, 6.45) is 2.74. The lowest BCUT2D eigenvalue weighted by molar-refractivity contribution is -0.132. The van der Waals surface area contributed by atoms with Crippen molar-refractivity contribution in [3.8, 4) is 0 Å². The van der Waals surface area contributed by atoms with Crippen molar-refractivity contribution in [1.82, 2.24) is 19.7 Å². The van der Waals surface area contributed by atoms with Gasteiger partial charge in [0.25, 0.3) is 0 Å². The number of hydrogen-bond acceptors (Lipinski definition) is 3. The molecule has 0 unspecified atom stereocenters. The molecule has 3 amide bonds. The van der Waals surface area contributed by atoms with Gasteiger partial charge in [0, 0.05) is 57.9 Å². The molecule has 0 aliphatic heterocycles. The third kappa shape index (κ3) is 6.58. The molecule has 0 aliphatic carbocycles. The maximum absolute atomic E-state index is 13.4. The Morgan fingerprint density at radius 3 is 2.39 bits per heavy atom. The molecule has 3 aromatic rings. The first kappa shape index (κ1) is 24.3. The number of aromatic nitrogens is 1. The lowest BCUT2D eigenvalue weighted by atomic mass is 10.1. The van der Waals surface area contributed by atoms with Crippen molar-refractivity contribution in [2.45, 2.75) is 19.9 Å². The van der Waals surface area contributed by atoms with E-state index in [9.17, 15) is 9.59 Å². The second-order valence-corrected chi connectivity index (χ2v) is 8.50. The van der Waals surface area contributed by atoms with E-state index in [0.717, 1.165) is 17.5 Å². The Hall–Kier alpha value is -3.32. The molecule has 0 saturated carbocycles. The number of methoxy groups -OCH3 is 1. The van der Waals surface area contributed by atoms with E-state index in [1.807, 2.05) is 30.2 Å². The summed E-state index contributed by atoms with van der Waals surface area (Å²) in [5, 5.41) is 1.17. The van der Waals surface area contributed by atoms with Gasteiger partial charge < -0.3 is 24.4 Å². The molecule has 0 saturated heterocycles. The molecular formula is C26H34N4O3. The number of hydrogen-bond donors (Lipinski definition) is 1. The Bertz CT molecular complexity index is 1060. The average molecular weight is 451 g/mol. The number of benzene rings is 2. The van der Waals surface area contributed by atoms with Gasteiger partial charge in [-0.3, -0.25) is 4.79 Å². The maximum atomic E-state index is 13.4. The minimum Gasteiger partial charge on any atom is -0.383 e. The highest BCUT2D eigenvalue weighted by Crippen LogP contribution is 2.19. The Morgan fingerprint density at radius 1 is 0.970 bits per heavy atom. The van der Waals surface area contributed by atoms with Crippen LogP contribution in [0, 0.1) is 6.92 Å². The summed E-state index contributed by atoms with van der Waals surface area (Å²) in [6, 6.07) is 16.2. The predicted octanol–water partition coefficient (Wildman–Crippen LogP) is 3.68. The van der Waals surface area contributed by atoms with E-state index in [1.165, 1.54) is 21.4 Å². The van der Waals surface area contributed by atoms with Crippen LogP contribution in [0.25, 0.3) is 10.9 Å². The van der Waals surface area contributed by atoms with Gasteiger partial charge in [-0.15, -0.1) is 0 Å². The molecule has 0 bridgehead atoms. The largest absolute Gasteiger partial charge is 0.383 e. The van der Waals surface area contributed by atoms with Crippen molar-refractivity contribution in [2.24, 2.45) is 0 Å². The van der Waals surface area contributed by atoms with Gasteiger partial charge in [0.2, 0.25) is 5.91 Å². The Morgan fingerprint density at radius 2 is 1.70 bits per heavy atom. The molecule has 7 heteroatoms. The number of para-hydroxylation sites is 1. The molecule has 0 spiro atoms. The minimum absolute atomic E-state index is 0.0140. The van der Waals surface area contributed by atoms with Gasteiger partial charge in [0.1, 0.15) is 6.54 Å². The first-order chi connectivity index (χ1) is 15.9. The first-order valence-corrected chi connectivity index (χ1v) is 11.2. The molecule has 7 nitrogen and oxygen atoms in total. The molecule has 0 fully saturated rings. The predicted molar refractivity (Wildman–Crippen MR) is 131 cm³/mol. The second kappa shape index (κ2) is 11.5. The Kier molecular flexibility index (Phi) is 8.49. The van der Waals surface area contributed by atoms with Gasteiger partial charge >= 0.3 is 6.03 Å². The molecule has 1 heterocycles. The number of H-pyrrole nitrogens is 1. The molecular weight excluding hydrogens is 416 g/mol. The summed E-state index contributed by atoms with van der Waals surface area (Å²) in [6.45, 7) is 3.85. The molecule has 0 radical (unpaired) electrons. The molecule has 0 aliphatic rings. The van der Waals surface area contributed by atoms with Gasteiger partial charge in [-0.1, -0.05) is 48.0 Å². The monoisotopic (exact) mass is 450 g/mol. The van der Waals surface area contributed by atoms with E-state index in [0.29, 0.717) is 26.2 Å². The normalized spacial score (nSPS) is 10.9. The molecule has 33 heavy (non-hydrogen) atoms. The van der Waals surface area contributed by atoms with Crippen LogP contribution >= 0.6 is 0 Å². The summed E-state index contributed by atoms with van der Waals surface area (Å²) in [7, 11) is 4.96. The fourth-order valence-electron chi connectivity index (χ4n) is 3.79. The number of urea groups is 1. The summed E-state index contributed by atoms with van der Waals surface area (Å²) >= 11 is 0. The summed E-state index contributed by atoms with van der Waals surface area (Å²) < 4.78 is 5.15. The van der Waals surface area contributed by atoms with Crippen molar-refractivity contribution in [2.75, 3.05) is 47.4 Å². The highest BCUT2D eigenvalue weighted by atomic mass is 16.5. The van der Waals surface area contributed by atoms with Crippen LogP contribution in [0.1, 0.15) is 16.7 Å². The average Bonchev–Trinajstić information content (AvgIpc) is 3.23. The Labute approximate surface area is 195 Å². The third-order valence-corrected chi connectivity index (χ3v) is 5.72. The van der Waals surface area contributed by atoms with Gasteiger partial charge in [-0.2, -0.15) is 0 Å². The van der Waals surface area contributed by atoms with Crippen molar-refractivity contribution in [3.63, 3.8) is 0 Å². The number of nitrogens with zero attached hydrogens (tertiary/aromatic N) is 3. The fourth-order valence-corrected chi connectivity index (χ4v) is 3.79. The van der Waals surface area contributed by atoms with Crippen LogP contribution in [0.2, 0.25) is 0 Å². The summed E-state index contributed by atoms with van der Waals surface area (Å²) in [5.41, 5.74) is 4.51. The molecule has 1 aromatic heterocycles. The van der Waals surface area contributed by atoms with Gasteiger partial charge in [0.15, 0.2) is 0 Å². The van der Waals surface area contributed by atoms with Crippen molar-refractivity contribution < 1.29 is 14.3 Å². The van der Waals surface area contributed by atoms with Crippen molar-refractivity contribution in [1.29, 1.82) is 0 Å². The maximum Gasteiger partial charge on any atom is 0.320 e. The van der Waals surface area contributed by atoms with Gasteiger partial charge in [-0.25, -0.2) is 4.79 Å². The van der Waals surface area contributed by atoms with Crippen LogP contribution in [0.15, 0.2) is 54.7 Å². The standard InChI is InChI=1S/C26H34N4O3/c1-20-9-11-21(12-10-20)18-29(14-13-22-17-27-24-8-6-5-7-23(22)24)25(31)19-30(15-16-33-4)26(32)28(2)3/h5-12,17,27H,13-16,18-19H2,1-4H3. The number of ether oxygens (including phenoxy) is 1. The highest BCUT2D eigenvalue weighted by Gasteiger charge is 2.23. The number of rotatable bonds is 10. The number of fused-ring (bicyclic) bond motifs is 1. The zero-order valence-corrected chi connectivity index (χ0v) is 20.0. The number of amides is 3. The molecule has 2 aromatic carbocycles. The summed E-state index contributed by atoms with van der Waals surface area (Å²) in [5.74, 6) is -0.0817. The number of carbonyl (C=O) groups is 2. The zero-order valence-electron chi connectivity index (χ0n) is 20.0. The first-order valence-electron chi connectivity index (χ1n) is 11.2. The fraction of sp³-hybridized carbons (Fsp3) is 0.385. The second-order valence-electron chi connectivity index (χ2n) is 8.50. The van der Waals surface area contributed by atoms with Crippen molar-refractivity contribution >= 4 is 22.8 Å². The van der Waals surface area contributed by atoms with Crippen LogP contribution < -0.4 is 0 Å². The van der Waals surface area contributed by atoms with E-state index in [-0.39, 0.29) is 18.5 Å². The van der Waals surface area contributed by atoms with Gasteiger partial charge in [-0.05, 0) is 30.5 Å². The number of aryl methyl sites for hydroxylation is 1. The SMILES string of the molecule is COCCN(CC(=O)N(CCc1c[nH]c2ccccc12)Cc1ccc(C)cc1)C(=O)N(C)C. The summed E-state index contributed by atoms with van der Waals surface area (Å²) in [4.78, 5) is 34.2. The highest BCUT2D eigenvalue weighted by molar-refractivity contribution is 5.85. The van der Waals surface area contributed by atoms with Crippen LogP contribution in [-0.4, -0.2) is 79.1 Å². The van der Waals surface area contributed by atoms with E-state index < -0.39 is 0 Å². The van der Waals surface area contributed by atoms with Crippen molar-refractivity contribution in [3.05, 3.63) is 71.4 Å². The number of aromatic amines is 1. The lowest BCUT2D eigenvalue weighted by Gasteiger charge is -2.29. The Balaban J connectivity index is 1.77. The van der Waals surface area contributed by atoms with E-state index >= 15 is 0 Å². The van der Waals surface area contributed by atoms with Crippen LogP contribution in [-0.2, 0) is 22.5 Å². The topological polar surface area (TPSA) is 68.9 Å². The lowest BCUT2D eigenvalue weighted by Crippen LogP contribution is -2.47. The third-order valence-electron chi connectivity index (χ3n) is 5.72. The smallest absolute Gasteiger partial charge is 0.320 e. The molecule has 1 N–H and O–H groups in total. The van der Waals surface area contributed by atoms with Crippen LogP contribution in [0.4, 0.5) is 4.79 Å². The molecule has 176 valence electrons. The number of nitrogens with one attached hydrogen (secondary N) is 1. The van der Waals surface area contributed by atoms with E-state index in [1.54, 1.807) is 26.1 Å². The van der Waals surface area contributed by atoms with E-state index in [4.69, 9.17) is 4.74 Å².